The molecule has 0 amide bonds. The number of allylic oxidation sites excluding steroid dienone is 1. The third kappa shape index (κ3) is 2.93. The monoisotopic (exact) mass is 448 g/mol. The van der Waals surface area contributed by atoms with Crippen molar-refractivity contribution in [1.29, 1.82) is 0 Å². The molecule has 0 radical (unpaired) electrons. The van der Waals surface area contributed by atoms with Crippen LogP contribution >= 0.6 is 0 Å². The third-order valence-electron chi connectivity index (χ3n) is 8.08. The van der Waals surface area contributed by atoms with E-state index in [1.807, 2.05) is 24.4 Å². The molecule has 5 nitrogen and oxygen atoms in total. The van der Waals surface area contributed by atoms with Gasteiger partial charge in [-0.1, -0.05) is 29.8 Å². The molecule has 1 fully saturated rings. The van der Waals surface area contributed by atoms with Gasteiger partial charge in [0.2, 0.25) is 0 Å². The number of aromatic hydroxyl groups is 1. The summed E-state index contributed by atoms with van der Waals surface area (Å²) in [5, 5.41) is 13.6. The van der Waals surface area contributed by atoms with Crippen molar-refractivity contribution in [2.24, 2.45) is 5.92 Å². The van der Waals surface area contributed by atoms with Gasteiger partial charge in [0, 0.05) is 52.2 Å². The number of fused-ring (bicyclic) bond motifs is 8. The molecular formula is C29H28N4O. The van der Waals surface area contributed by atoms with E-state index in [-0.39, 0.29) is 0 Å². The summed E-state index contributed by atoms with van der Waals surface area (Å²) in [5.74, 6) is 0.739. The van der Waals surface area contributed by atoms with Crippen LogP contribution in [0.3, 0.4) is 0 Å². The number of aromatic amines is 2. The van der Waals surface area contributed by atoms with Gasteiger partial charge in [-0.15, -0.1) is 0 Å². The normalized spacial score (nSPS) is 22.0. The number of pyridine rings is 1. The van der Waals surface area contributed by atoms with Crippen LogP contribution in [0.5, 0.6) is 5.75 Å². The Labute approximate surface area is 198 Å². The molecule has 0 bridgehead atoms. The number of para-hydroxylation sites is 1. The Kier molecular flexibility index (Phi) is 4.36. The second-order valence-corrected chi connectivity index (χ2v) is 9.83. The molecule has 3 N–H and O–H groups in total. The Morgan fingerprint density at radius 3 is 2.85 bits per heavy atom. The molecule has 34 heavy (non-hydrogen) atoms. The van der Waals surface area contributed by atoms with Crippen LogP contribution in [-0.4, -0.2) is 38.0 Å². The molecule has 5 heteroatoms. The highest BCUT2D eigenvalue weighted by Gasteiger charge is 2.37. The van der Waals surface area contributed by atoms with Crippen LogP contribution in [0.2, 0.25) is 0 Å². The van der Waals surface area contributed by atoms with Crippen molar-refractivity contribution in [3.05, 3.63) is 83.3 Å². The molecule has 3 aromatic heterocycles. The molecule has 5 heterocycles. The standard InChI is InChI=1S/C29H28N4O/c1-2-17-16-33-12-10-22-20-5-3-4-6-24(20)32-29(22)27(33)14-18(17)13-26-28-21(9-11-30-26)23-15-19(34)7-8-25(23)31-28/h2-9,11,15,18,27,31-32,34H,10,12-14,16H2,1H3. The first-order valence-corrected chi connectivity index (χ1v) is 12.3. The van der Waals surface area contributed by atoms with Crippen LogP contribution in [0.1, 0.15) is 36.3 Å². The third-order valence-corrected chi connectivity index (χ3v) is 8.08. The Morgan fingerprint density at radius 1 is 1.06 bits per heavy atom. The minimum atomic E-state index is 0.293. The maximum Gasteiger partial charge on any atom is 0.116 e. The lowest BCUT2D eigenvalue weighted by Crippen LogP contribution is -2.43. The number of rotatable bonds is 2. The molecule has 0 spiro atoms. The predicted octanol–water partition coefficient (Wildman–Crippen LogP) is 6.01. The van der Waals surface area contributed by atoms with Crippen molar-refractivity contribution < 1.29 is 5.11 Å². The molecule has 0 saturated carbocycles. The lowest BCUT2D eigenvalue weighted by Gasteiger charge is -2.43. The minimum absolute atomic E-state index is 0.293. The van der Waals surface area contributed by atoms with Gasteiger partial charge >= 0.3 is 0 Å². The maximum absolute atomic E-state index is 10.0. The molecular weight excluding hydrogens is 420 g/mol. The molecule has 1 saturated heterocycles. The van der Waals surface area contributed by atoms with Crippen molar-refractivity contribution >= 4 is 32.7 Å². The van der Waals surface area contributed by atoms with Gasteiger partial charge in [0.15, 0.2) is 0 Å². The fraction of sp³-hybridized carbons (Fsp3) is 0.276. The number of nitrogens with zero attached hydrogens (tertiary/aromatic N) is 2. The number of piperidine rings is 1. The van der Waals surface area contributed by atoms with Crippen molar-refractivity contribution in [2.75, 3.05) is 13.1 Å². The highest BCUT2D eigenvalue weighted by atomic mass is 16.3. The molecule has 2 aliphatic heterocycles. The van der Waals surface area contributed by atoms with E-state index in [1.54, 1.807) is 6.07 Å². The SMILES string of the molecule is CC=C1CN2CCc3c([nH]c4ccccc34)C2CC1Cc1nccc2c1[nH]c1ccc(O)cc12. The van der Waals surface area contributed by atoms with Crippen LogP contribution in [0.4, 0.5) is 0 Å². The van der Waals surface area contributed by atoms with E-state index >= 15 is 0 Å². The fourth-order valence-electron chi connectivity index (χ4n) is 6.41. The Bertz CT molecular complexity index is 1590. The number of phenolic OH excluding ortho intramolecular Hbond substituents is 1. The lowest BCUT2D eigenvalue weighted by molar-refractivity contribution is 0.138. The maximum atomic E-state index is 10.0. The van der Waals surface area contributed by atoms with Gasteiger partial charge in [-0.05, 0) is 68.0 Å². The number of benzene rings is 2. The second-order valence-electron chi connectivity index (χ2n) is 9.83. The largest absolute Gasteiger partial charge is 0.508 e. The zero-order chi connectivity index (χ0) is 22.8. The first-order chi connectivity index (χ1) is 16.7. The Balaban J connectivity index is 1.28. The number of phenols is 1. The van der Waals surface area contributed by atoms with Gasteiger partial charge in [-0.2, -0.15) is 0 Å². The van der Waals surface area contributed by atoms with Gasteiger partial charge in [0.05, 0.1) is 17.3 Å². The number of hydrogen-bond donors (Lipinski definition) is 3. The molecule has 7 rings (SSSR count). The van der Waals surface area contributed by atoms with Crippen molar-refractivity contribution in [2.45, 2.75) is 32.2 Å². The smallest absolute Gasteiger partial charge is 0.116 e. The van der Waals surface area contributed by atoms with E-state index in [4.69, 9.17) is 4.98 Å². The van der Waals surface area contributed by atoms with Crippen LogP contribution in [0, 0.1) is 5.92 Å². The number of hydrogen-bond acceptors (Lipinski definition) is 3. The van der Waals surface area contributed by atoms with Crippen LogP contribution in [0.25, 0.3) is 32.7 Å². The lowest BCUT2D eigenvalue weighted by atomic mass is 9.79. The molecule has 2 unspecified atom stereocenters. The highest BCUT2D eigenvalue weighted by Crippen LogP contribution is 2.44. The first-order valence-electron chi connectivity index (χ1n) is 12.3. The highest BCUT2D eigenvalue weighted by molar-refractivity contribution is 6.08. The minimum Gasteiger partial charge on any atom is -0.508 e. The van der Waals surface area contributed by atoms with E-state index < -0.39 is 0 Å². The second kappa shape index (κ2) is 7.47. The molecule has 5 aromatic rings. The molecule has 2 aromatic carbocycles. The van der Waals surface area contributed by atoms with Gasteiger partial charge in [0.1, 0.15) is 5.75 Å². The Morgan fingerprint density at radius 2 is 1.94 bits per heavy atom. The molecule has 2 aliphatic rings. The summed E-state index contributed by atoms with van der Waals surface area (Å²) < 4.78 is 0. The quantitative estimate of drug-likeness (QED) is 0.290. The summed E-state index contributed by atoms with van der Waals surface area (Å²) in [7, 11) is 0. The number of nitrogens with one attached hydrogen (secondary N) is 2. The Hall–Kier alpha value is -3.57. The first kappa shape index (κ1) is 19.9. The average Bonchev–Trinajstić information content (AvgIpc) is 3.43. The van der Waals surface area contributed by atoms with Crippen molar-refractivity contribution in [3.8, 4) is 5.75 Å². The van der Waals surface area contributed by atoms with E-state index in [1.165, 1.54) is 27.7 Å². The summed E-state index contributed by atoms with van der Waals surface area (Å²) >= 11 is 0. The van der Waals surface area contributed by atoms with Gasteiger partial charge in [0.25, 0.3) is 0 Å². The van der Waals surface area contributed by atoms with E-state index in [0.29, 0.717) is 17.7 Å². The van der Waals surface area contributed by atoms with Crippen molar-refractivity contribution in [1.82, 2.24) is 19.9 Å². The predicted molar refractivity (Wildman–Crippen MR) is 137 cm³/mol. The van der Waals surface area contributed by atoms with Crippen LogP contribution in [-0.2, 0) is 12.8 Å². The van der Waals surface area contributed by atoms with Gasteiger partial charge in [-0.25, -0.2) is 0 Å². The number of H-pyrrole nitrogens is 2. The zero-order valence-corrected chi connectivity index (χ0v) is 19.3. The fourth-order valence-corrected chi connectivity index (χ4v) is 6.41. The summed E-state index contributed by atoms with van der Waals surface area (Å²) in [6.07, 6.45) is 7.36. The summed E-state index contributed by atoms with van der Waals surface area (Å²) in [4.78, 5) is 14.8. The average molecular weight is 449 g/mol. The van der Waals surface area contributed by atoms with Gasteiger partial charge < -0.3 is 15.1 Å². The van der Waals surface area contributed by atoms with Crippen LogP contribution in [0.15, 0.2) is 66.4 Å². The molecule has 170 valence electrons. The number of aromatic nitrogens is 3. The van der Waals surface area contributed by atoms with E-state index in [2.05, 4.69) is 52.1 Å². The van der Waals surface area contributed by atoms with Gasteiger partial charge in [-0.3, -0.25) is 9.88 Å². The molecule has 0 aliphatic carbocycles. The zero-order valence-electron chi connectivity index (χ0n) is 19.3. The summed E-state index contributed by atoms with van der Waals surface area (Å²) in [6, 6.07) is 16.7. The summed E-state index contributed by atoms with van der Waals surface area (Å²) in [5.41, 5.74) is 8.95. The van der Waals surface area contributed by atoms with E-state index in [0.717, 1.165) is 59.9 Å². The topological polar surface area (TPSA) is 67.9 Å². The van der Waals surface area contributed by atoms with Crippen LogP contribution < -0.4 is 0 Å². The van der Waals surface area contributed by atoms with Crippen molar-refractivity contribution in [3.63, 3.8) is 0 Å². The summed E-state index contributed by atoms with van der Waals surface area (Å²) in [6.45, 7) is 4.32. The van der Waals surface area contributed by atoms with E-state index in [9.17, 15) is 5.11 Å². The molecule has 2 atom stereocenters.